The maximum absolute atomic E-state index is 5.29. The molecule has 2 atom stereocenters. The van der Waals surface area contributed by atoms with E-state index >= 15 is 0 Å². The third-order valence-electron chi connectivity index (χ3n) is 7.80. The van der Waals surface area contributed by atoms with E-state index in [-0.39, 0.29) is 5.92 Å². The van der Waals surface area contributed by atoms with Gasteiger partial charge in [0.1, 0.15) is 0 Å². The second kappa shape index (κ2) is 8.94. The van der Waals surface area contributed by atoms with E-state index in [2.05, 4.69) is 60.7 Å². The van der Waals surface area contributed by atoms with Crippen molar-refractivity contribution in [1.29, 1.82) is 0 Å². The van der Waals surface area contributed by atoms with Crippen molar-refractivity contribution in [3.63, 3.8) is 0 Å². The molecule has 4 aliphatic carbocycles. The first-order valence-corrected chi connectivity index (χ1v) is 13.1. The lowest BCUT2D eigenvalue weighted by Crippen LogP contribution is -2.23. The summed E-state index contributed by atoms with van der Waals surface area (Å²) in [5.41, 5.74) is 9.21. The summed E-state index contributed by atoms with van der Waals surface area (Å²) in [6.45, 7) is 0. The van der Waals surface area contributed by atoms with Gasteiger partial charge < -0.3 is 0 Å². The van der Waals surface area contributed by atoms with Crippen LogP contribution >= 0.6 is 0 Å². The number of benzene rings is 1. The van der Waals surface area contributed by atoms with Crippen LogP contribution in [0, 0.1) is 5.92 Å². The molecule has 4 nitrogen and oxygen atoms in total. The molecule has 1 aromatic carbocycles. The fourth-order valence-electron chi connectivity index (χ4n) is 5.98. The molecule has 0 saturated heterocycles. The molecule has 176 valence electrons. The highest BCUT2D eigenvalue weighted by Crippen LogP contribution is 2.44. The number of hydrogen-bond donors (Lipinski definition) is 0. The maximum atomic E-state index is 5.29. The first kappa shape index (κ1) is 21.4. The summed E-state index contributed by atoms with van der Waals surface area (Å²) in [6.07, 6.45) is 26.3. The van der Waals surface area contributed by atoms with Crippen molar-refractivity contribution < 1.29 is 0 Å². The molecule has 4 aliphatic rings. The predicted octanol–water partition coefficient (Wildman–Crippen LogP) is 6.98. The number of aryl methyl sites for hydroxylation is 1. The first-order valence-electron chi connectivity index (χ1n) is 13.1. The number of allylic oxidation sites excluding steroid dienone is 10. The molecule has 0 amide bonds. The molecular formula is C32H28N4. The van der Waals surface area contributed by atoms with Crippen LogP contribution in [0.25, 0.3) is 28.2 Å². The summed E-state index contributed by atoms with van der Waals surface area (Å²) in [6, 6.07) is 10.2. The van der Waals surface area contributed by atoms with E-state index in [1.54, 1.807) is 0 Å². The highest BCUT2D eigenvalue weighted by atomic mass is 14.9. The summed E-state index contributed by atoms with van der Waals surface area (Å²) in [4.78, 5) is 20.2. The first-order chi connectivity index (χ1) is 17.8. The van der Waals surface area contributed by atoms with Crippen LogP contribution in [0.2, 0.25) is 0 Å². The van der Waals surface area contributed by atoms with Crippen molar-refractivity contribution in [3.8, 4) is 22.6 Å². The van der Waals surface area contributed by atoms with Gasteiger partial charge >= 0.3 is 0 Å². The Balaban J connectivity index is 1.39. The minimum atomic E-state index is 0.268. The Hall–Kier alpha value is -3.92. The molecular weight excluding hydrogens is 440 g/mol. The molecule has 0 spiro atoms. The number of rotatable bonds is 3. The lowest BCUT2D eigenvalue weighted by Gasteiger charge is -2.33. The van der Waals surface area contributed by atoms with E-state index in [9.17, 15) is 0 Å². The molecule has 2 unspecified atom stereocenters. The lowest BCUT2D eigenvalue weighted by atomic mass is 9.73. The molecule has 0 saturated carbocycles. The minimum Gasteiger partial charge on any atom is -0.236 e. The topological polar surface area (TPSA) is 51.6 Å². The molecule has 0 aliphatic heterocycles. The third-order valence-corrected chi connectivity index (χ3v) is 7.80. The normalized spacial score (nSPS) is 21.8. The zero-order chi connectivity index (χ0) is 23.9. The van der Waals surface area contributed by atoms with Crippen molar-refractivity contribution in [2.75, 3.05) is 0 Å². The van der Waals surface area contributed by atoms with E-state index in [1.165, 1.54) is 16.8 Å². The van der Waals surface area contributed by atoms with Gasteiger partial charge in [-0.15, -0.1) is 0 Å². The van der Waals surface area contributed by atoms with Gasteiger partial charge in [-0.05, 0) is 50.0 Å². The SMILES string of the molecule is C1=CC(c2nc(C3=CCCC=C3)nc3c2CCc2nc(-c4ccccc4)ncc2-3)C2CCC=CC2=C1. The smallest absolute Gasteiger partial charge is 0.159 e. The second-order valence-electron chi connectivity index (χ2n) is 9.98. The zero-order valence-corrected chi connectivity index (χ0v) is 20.3. The van der Waals surface area contributed by atoms with Crippen molar-refractivity contribution in [3.05, 3.63) is 113 Å². The standard InChI is InChI=1S/C32H28N4/c1-3-11-22(12-4-1)31-33-20-27-28(34-31)19-18-26-29(25-17-9-15-21-10-7-8-16-24(21)25)35-32(36-30(26)27)23-13-5-2-6-14-23/h1,3-5,7,9-15,17,20,24-25H,2,6,8,16,18-19H2. The molecule has 7 rings (SSSR count). The molecule has 0 bridgehead atoms. The van der Waals surface area contributed by atoms with Gasteiger partial charge in [0.15, 0.2) is 11.6 Å². The van der Waals surface area contributed by atoms with Crippen LogP contribution in [0.4, 0.5) is 0 Å². The second-order valence-corrected chi connectivity index (χ2v) is 9.98. The molecule has 2 aromatic heterocycles. The summed E-state index contributed by atoms with van der Waals surface area (Å²) >= 11 is 0. The Labute approximate surface area is 212 Å². The average Bonchev–Trinajstić information content (AvgIpc) is 2.97. The van der Waals surface area contributed by atoms with E-state index in [1.807, 2.05) is 24.4 Å². The highest BCUT2D eigenvalue weighted by molar-refractivity contribution is 5.75. The lowest BCUT2D eigenvalue weighted by molar-refractivity contribution is 0.494. The highest BCUT2D eigenvalue weighted by Gasteiger charge is 2.33. The number of fused-ring (bicyclic) bond motifs is 4. The summed E-state index contributed by atoms with van der Waals surface area (Å²) in [7, 11) is 0. The van der Waals surface area contributed by atoms with Crippen LogP contribution < -0.4 is 0 Å². The van der Waals surface area contributed by atoms with Crippen LogP contribution in [-0.4, -0.2) is 19.9 Å². The van der Waals surface area contributed by atoms with Crippen molar-refractivity contribution >= 4 is 5.57 Å². The quantitative estimate of drug-likeness (QED) is 0.416. The fourth-order valence-corrected chi connectivity index (χ4v) is 5.98. The summed E-state index contributed by atoms with van der Waals surface area (Å²) < 4.78 is 0. The number of nitrogens with zero attached hydrogens (tertiary/aromatic N) is 4. The predicted molar refractivity (Wildman–Crippen MR) is 144 cm³/mol. The van der Waals surface area contributed by atoms with Gasteiger partial charge in [0, 0.05) is 34.4 Å². The molecule has 2 heterocycles. The number of aromatic nitrogens is 4. The summed E-state index contributed by atoms with van der Waals surface area (Å²) in [5.74, 6) is 2.35. The average molecular weight is 469 g/mol. The van der Waals surface area contributed by atoms with Gasteiger partial charge in [0.05, 0.1) is 17.1 Å². The Morgan fingerprint density at radius 1 is 0.833 bits per heavy atom. The van der Waals surface area contributed by atoms with Gasteiger partial charge in [-0.2, -0.15) is 0 Å². The summed E-state index contributed by atoms with van der Waals surface area (Å²) in [5, 5.41) is 0. The van der Waals surface area contributed by atoms with Crippen LogP contribution in [0.15, 0.2) is 90.7 Å². The van der Waals surface area contributed by atoms with Crippen LogP contribution in [-0.2, 0) is 12.8 Å². The van der Waals surface area contributed by atoms with Gasteiger partial charge in [0.2, 0.25) is 0 Å². The zero-order valence-electron chi connectivity index (χ0n) is 20.3. The number of hydrogen-bond acceptors (Lipinski definition) is 4. The molecule has 3 aromatic rings. The van der Waals surface area contributed by atoms with Crippen molar-refractivity contribution in [1.82, 2.24) is 19.9 Å². The fraction of sp³-hybridized carbons (Fsp3) is 0.250. The van der Waals surface area contributed by atoms with Crippen molar-refractivity contribution in [2.24, 2.45) is 5.92 Å². The van der Waals surface area contributed by atoms with Gasteiger partial charge in [0.25, 0.3) is 0 Å². The van der Waals surface area contributed by atoms with Crippen LogP contribution in [0.3, 0.4) is 0 Å². The molecule has 0 radical (unpaired) electrons. The van der Waals surface area contributed by atoms with Crippen molar-refractivity contribution in [2.45, 2.75) is 44.4 Å². The van der Waals surface area contributed by atoms with Gasteiger partial charge in [-0.1, -0.05) is 78.9 Å². The molecule has 36 heavy (non-hydrogen) atoms. The Morgan fingerprint density at radius 2 is 1.75 bits per heavy atom. The van der Waals surface area contributed by atoms with E-state index in [0.717, 1.165) is 78.3 Å². The van der Waals surface area contributed by atoms with Gasteiger partial charge in [-0.25, -0.2) is 19.9 Å². The Bertz CT molecular complexity index is 1490. The Morgan fingerprint density at radius 3 is 2.64 bits per heavy atom. The monoisotopic (exact) mass is 468 g/mol. The molecule has 4 heteroatoms. The van der Waals surface area contributed by atoms with Crippen LogP contribution in [0.5, 0.6) is 0 Å². The Kier molecular flexibility index (Phi) is 5.31. The third kappa shape index (κ3) is 3.69. The van der Waals surface area contributed by atoms with Crippen LogP contribution in [0.1, 0.15) is 54.4 Å². The largest absolute Gasteiger partial charge is 0.236 e. The molecule has 0 N–H and O–H groups in total. The van der Waals surface area contributed by atoms with E-state index < -0.39 is 0 Å². The molecule has 0 fully saturated rings. The van der Waals surface area contributed by atoms with Gasteiger partial charge in [-0.3, -0.25) is 0 Å². The minimum absolute atomic E-state index is 0.268. The van der Waals surface area contributed by atoms with E-state index in [4.69, 9.17) is 19.9 Å². The van der Waals surface area contributed by atoms with E-state index in [0.29, 0.717) is 5.92 Å². The maximum Gasteiger partial charge on any atom is 0.159 e.